The third-order valence-electron chi connectivity index (χ3n) is 4.66. The lowest BCUT2D eigenvalue weighted by atomic mass is 10.1. The molecule has 1 aromatic heterocycles. The number of nitrogens with one attached hydrogen (secondary N) is 2. The highest BCUT2D eigenvalue weighted by Gasteiger charge is 2.17. The molecule has 8 heteroatoms. The molecule has 0 spiro atoms. The molecule has 2 heterocycles. The second kappa shape index (κ2) is 8.63. The topological polar surface area (TPSA) is 75.2 Å². The van der Waals surface area contributed by atoms with Gasteiger partial charge in [-0.2, -0.15) is 15.0 Å². The average Bonchev–Trinajstić information content (AvgIpc) is 2.73. The van der Waals surface area contributed by atoms with Gasteiger partial charge in [-0.05, 0) is 55.3 Å². The van der Waals surface area contributed by atoms with Crippen LogP contribution in [0, 0.1) is 13.8 Å². The Morgan fingerprint density at radius 3 is 2.31 bits per heavy atom. The monoisotopic (exact) mass is 410 g/mol. The van der Waals surface area contributed by atoms with Crippen LogP contribution in [-0.4, -0.2) is 41.3 Å². The Bertz CT molecular complexity index is 989. The molecule has 4 rings (SSSR count). The van der Waals surface area contributed by atoms with E-state index in [9.17, 15) is 0 Å². The van der Waals surface area contributed by atoms with E-state index in [4.69, 9.17) is 16.3 Å². The zero-order valence-electron chi connectivity index (χ0n) is 16.4. The SMILES string of the molecule is Cc1ccc(C)c(Nc2nc(Nc3ccc(Cl)cc3)nc(N3CCOCC3)n2)c1. The van der Waals surface area contributed by atoms with Gasteiger partial charge in [-0.15, -0.1) is 0 Å². The minimum Gasteiger partial charge on any atom is -0.378 e. The Hall–Kier alpha value is -2.90. The number of aromatic nitrogens is 3. The molecule has 2 aromatic carbocycles. The number of rotatable bonds is 5. The molecule has 1 fully saturated rings. The molecule has 0 bridgehead atoms. The van der Waals surface area contributed by atoms with Gasteiger partial charge in [-0.3, -0.25) is 0 Å². The highest BCUT2D eigenvalue weighted by atomic mass is 35.5. The van der Waals surface area contributed by atoms with E-state index in [1.807, 2.05) is 24.3 Å². The highest BCUT2D eigenvalue weighted by Crippen LogP contribution is 2.24. The zero-order chi connectivity index (χ0) is 20.2. The lowest BCUT2D eigenvalue weighted by Crippen LogP contribution is -2.37. The highest BCUT2D eigenvalue weighted by molar-refractivity contribution is 6.30. The van der Waals surface area contributed by atoms with E-state index in [0.29, 0.717) is 36.1 Å². The first-order valence-corrected chi connectivity index (χ1v) is 9.90. The van der Waals surface area contributed by atoms with Gasteiger partial charge in [-0.25, -0.2) is 0 Å². The van der Waals surface area contributed by atoms with Gasteiger partial charge in [0.2, 0.25) is 17.8 Å². The second-order valence-electron chi connectivity index (χ2n) is 6.96. The quantitative estimate of drug-likeness (QED) is 0.642. The maximum atomic E-state index is 5.99. The summed E-state index contributed by atoms with van der Waals surface area (Å²) in [6, 6.07) is 13.7. The number of benzene rings is 2. The molecule has 2 N–H and O–H groups in total. The van der Waals surface area contributed by atoms with Gasteiger partial charge in [0.15, 0.2) is 0 Å². The minimum absolute atomic E-state index is 0.469. The fourth-order valence-electron chi connectivity index (χ4n) is 3.03. The van der Waals surface area contributed by atoms with Gasteiger partial charge >= 0.3 is 0 Å². The fraction of sp³-hybridized carbons (Fsp3) is 0.286. The molecule has 0 aliphatic carbocycles. The molecular formula is C21H23ClN6O. The van der Waals surface area contributed by atoms with E-state index in [0.717, 1.165) is 30.0 Å². The van der Waals surface area contributed by atoms with Crippen molar-refractivity contribution < 1.29 is 4.74 Å². The summed E-state index contributed by atoms with van der Waals surface area (Å²) in [7, 11) is 0. The normalized spacial score (nSPS) is 14.0. The van der Waals surface area contributed by atoms with E-state index in [1.165, 1.54) is 5.56 Å². The lowest BCUT2D eigenvalue weighted by molar-refractivity contribution is 0.122. The molecule has 0 amide bonds. The summed E-state index contributed by atoms with van der Waals surface area (Å²) in [5.41, 5.74) is 4.11. The van der Waals surface area contributed by atoms with E-state index < -0.39 is 0 Å². The first-order chi connectivity index (χ1) is 14.1. The van der Waals surface area contributed by atoms with Gasteiger partial charge in [0.05, 0.1) is 13.2 Å². The largest absolute Gasteiger partial charge is 0.378 e. The number of ether oxygens (including phenoxy) is 1. The average molecular weight is 411 g/mol. The standard InChI is InChI=1S/C21H23ClN6O/c1-14-3-4-15(2)18(13-14)24-20-25-19(23-17-7-5-16(22)6-8-17)26-21(27-20)28-9-11-29-12-10-28/h3-8,13H,9-12H2,1-2H3,(H2,23,24,25,26,27). The summed E-state index contributed by atoms with van der Waals surface area (Å²) in [6.45, 7) is 6.92. The molecule has 0 atom stereocenters. The summed E-state index contributed by atoms with van der Waals surface area (Å²) in [5, 5.41) is 7.27. The van der Waals surface area contributed by atoms with Crippen LogP contribution < -0.4 is 15.5 Å². The number of nitrogens with zero attached hydrogens (tertiary/aromatic N) is 4. The lowest BCUT2D eigenvalue weighted by Gasteiger charge is -2.27. The predicted octanol–water partition coefficient (Wildman–Crippen LogP) is 4.47. The van der Waals surface area contributed by atoms with Crippen molar-refractivity contribution in [3.05, 3.63) is 58.6 Å². The Balaban J connectivity index is 1.67. The van der Waals surface area contributed by atoms with Crippen molar-refractivity contribution in [3.8, 4) is 0 Å². The van der Waals surface area contributed by atoms with Crippen LogP contribution in [0.3, 0.4) is 0 Å². The van der Waals surface area contributed by atoms with Gasteiger partial charge in [0, 0.05) is 29.5 Å². The van der Waals surface area contributed by atoms with Crippen LogP contribution in [0.25, 0.3) is 0 Å². The third-order valence-corrected chi connectivity index (χ3v) is 4.91. The molecule has 3 aromatic rings. The van der Waals surface area contributed by atoms with Crippen molar-refractivity contribution in [3.63, 3.8) is 0 Å². The van der Waals surface area contributed by atoms with Crippen LogP contribution in [-0.2, 0) is 4.74 Å². The molecule has 0 radical (unpaired) electrons. The molecule has 29 heavy (non-hydrogen) atoms. The van der Waals surface area contributed by atoms with Crippen molar-refractivity contribution in [1.82, 2.24) is 15.0 Å². The van der Waals surface area contributed by atoms with Crippen LogP contribution in [0.2, 0.25) is 5.02 Å². The van der Waals surface area contributed by atoms with Gasteiger partial charge in [0.1, 0.15) is 0 Å². The Labute approximate surface area is 175 Å². The molecule has 7 nitrogen and oxygen atoms in total. The first kappa shape index (κ1) is 19.4. The van der Waals surface area contributed by atoms with Crippen LogP contribution in [0.1, 0.15) is 11.1 Å². The Kier molecular flexibility index (Phi) is 5.78. The summed E-state index contributed by atoms with van der Waals surface area (Å²) < 4.78 is 5.46. The fourth-order valence-corrected chi connectivity index (χ4v) is 3.16. The molecule has 0 unspecified atom stereocenters. The number of morpholine rings is 1. The van der Waals surface area contributed by atoms with Gasteiger partial charge < -0.3 is 20.3 Å². The molecular weight excluding hydrogens is 388 g/mol. The number of aryl methyl sites for hydroxylation is 2. The molecule has 1 aliphatic heterocycles. The van der Waals surface area contributed by atoms with Crippen LogP contribution >= 0.6 is 11.6 Å². The zero-order valence-corrected chi connectivity index (χ0v) is 17.2. The van der Waals surface area contributed by atoms with Crippen LogP contribution in [0.4, 0.5) is 29.2 Å². The van der Waals surface area contributed by atoms with Crippen molar-refractivity contribution in [1.29, 1.82) is 0 Å². The predicted molar refractivity (Wildman–Crippen MR) is 117 cm³/mol. The van der Waals surface area contributed by atoms with E-state index in [2.05, 4.69) is 62.5 Å². The second-order valence-corrected chi connectivity index (χ2v) is 7.39. The maximum absolute atomic E-state index is 5.99. The van der Waals surface area contributed by atoms with Crippen molar-refractivity contribution in [2.24, 2.45) is 0 Å². The van der Waals surface area contributed by atoms with Crippen LogP contribution in [0.5, 0.6) is 0 Å². The van der Waals surface area contributed by atoms with Crippen molar-refractivity contribution in [2.75, 3.05) is 41.8 Å². The maximum Gasteiger partial charge on any atom is 0.233 e. The van der Waals surface area contributed by atoms with Crippen LogP contribution in [0.15, 0.2) is 42.5 Å². The first-order valence-electron chi connectivity index (χ1n) is 9.52. The molecule has 1 saturated heterocycles. The number of anilines is 5. The minimum atomic E-state index is 0.469. The van der Waals surface area contributed by atoms with Gasteiger partial charge in [0.25, 0.3) is 0 Å². The summed E-state index contributed by atoms with van der Waals surface area (Å²) in [4.78, 5) is 16.0. The van der Waals surface area contributed by atoms with Crippen molar-refractivity contribution in [2.45, 2.75) is 13.8 Å². The summed E-state index contributed by atoms with van der Waals surface area (Å²) in [5.74, 6) is 1.58. The summed E-state index contributed by atoms with van der Waals surface area (Å²) >= 11 is 5.99. The Morgan fingerprint density at radius 1 is 0.897 bits per heavy atom. The van der Waals surface area contributed by atoms with E-state index >= 15 is 0 Å². The summed E-state index contributed by atoms with van der Waals surface area (Å²) in [6.07, 6.45) is 0. The molecule has 0 saturated carbocycles. The Morgan fingerprint density at radius 2 is 1.59 bits per heavy atom. The number of hydrogen-bond acceptors (Lipinski definition) is 7. The smallest absolute Gasteiger partial charge is 0.233 e. The van der Waals surface area contributed by atoms with E-state index in [1.54, 1.807) is 0 Å². The molecule has 1 aliphatic rings. The van der Waals surface area contributed by atoms with Crippen molar-refractivity contribution >= 4 is 40.8 Å². The van der Waals surface area contributed by atoms with E-state index in [-0.39, 0.29) is 0 Å². The number of halogens is 1. The number of hydrogen-bond donors (Lipinski definition) is 2. The third kappa shape index (κ3) is 4.93. The van der Waals surface area contributed by atoms with Gasteiger partial charge in [-0.1, -0.05) is 23.7 Å². The molecule has 150 valence electrons.